The number of hydrogen-bond acceptors (Lipinski definition) is 7. The van der Waals surface area contributed by atoms with E-state index in [-0.39, 0.29) is 13.1 Å². The summed E-state index contributed by atoms with van der Waals surface area (Å²) in [5.41, 5.74) is 4.54. The molecule has 3 rings (SSSR count). The standard InChI is InChI=1S/C24H31FN4O4S2/c1-13-20(35-12-27-13)16-8-6-15(7-9-16)10-26-22(32)19-18(25)17(31)11-29(19)23(33)21(28-14(2)30)24(3,4)34-5/h6-9,12,17-19,21,31H,10-11H2,1-5H3,(H,26,32)(H,28,30)/t17-,18-,19-,21+/m0/s1. The van der Waals surface area contributed by atoms with Crippen molar-refractivity contribution in [3.8, 4) is 10.4 Å². The quantitative estimate of drug-likeness (QED) is 0.491. The number of amides is 3. The number of rotatable bonds is 8. The lowest BCUT2D eigenvalue weighted by atomic mass is 10.0. The molecule has 8 nitrogen and oxygen atoms in total. The van der Waals surface area contributed by atoms with E-state index in [9.17, 15) is 23.9 Å². The number of hydrogen-bond donors (Lipinski definition) is 3. The van der Waals surface area contributed by atoms with Crippen LogP contribution in [0.1, 0.15) is 32.0 Å². The minimum absolute atomic E-state index is 0.133. The van der Waals surface area contributed by atoms with Crippen LogP contribution in [0.5, 0.6) is 0 Å². The van der Waals surface area contributed by atoms with E-state index in [2.05, 4.69) is 15.6 Å². The molecule has 0 bridgehead atoms. The van der Waals surface area contributed by atoms with Gasteiger partial charge >= 0.3 is 0 Å². The van der Waals surface area contributed by atoms with Gasteiger partial charge in [0.25, 0.3) is 0 Å². The summed E-state index contributed by atoms with van der Waals surface area (Å²) in [5.74, 6) is -1.73. The zero-order chi connectivity index (χ0) is 25.9. The summed E-state index contributed by atoms with van der Waals surface area (Å²) in [4.78, 5) is 44.5. The molecule has 0 saturated carbocycles. The first-order valence-electron chi connectivity index (χ1n) is 11.2. The van der Waals surface area contributed by atoms with Crippen LogP contribution in [0.2, 0.25) is 0 Å². The molecule has 1 aliphatic heterocycles. The first-order chi connectivity index (χ1) is 16.5. The molecular weight excluding hydrogens is 491 g/mol. The third-order valence-electron chi connectivity index (χ3n) is 6.18. The molecule has 3 amide bonds. The molecule has 11 heteroatoms. The van der Waals surface area contributed by atoms with E-state index >= 15 is 0 Å². The Kier molecular flexibility index (Phi) is 8.55. The molecule has 2 heterocycles. The predicted molar refractivity (Wildman–Crippen MR) is 136 cm³/mol. The second-order valence-electron chi connectivity index (χ2n) is 9.07. The minimum atomic E-state index is -1.94. The molecule has 35 heavy (non-hydrogen) atoms. The van der Waals surface area contributed by atoms with Gasteiger partial charge in [0.15, 0.2) is 6.17 Å². The first-order valence-corrected chi connectivity index (χ1v) is 13.3. The number of aromatic nitrogens is 1. The number of aliphatic hydroxyl groups is 1. The molecule has 0 radical (unpaired) electrons. The topological polar surface area (TPSA) is 112 Å². The van der Waals surface area contributed by atoms with Gasteiger partial charge in [0.05, 0.1) is 22.6 Å². The number of alkyl halides is 1. The van der Waals surface area contributed by atoms with Crippen LogP contribution in [-0.4, -0.2) is 74.6 Å². The summed E-state index contributed by atoms with van der Waals surface area (Å²) in [5, 5.41) is 15.5. The number of halogens is 1. The van der Waals surface area contributed by atoms with Crippen LogP contribution in [0.3, 0.4) is 0 Å². The Hall–Kier alpha value is -2.50. The molecule has 190 valence electrons. The highest BCUT2D eigenvalue weighted by Crippen LogP contribution is 2.31. The van der Waals surface area contributed by atoms with E-state index in [4.69, 9.17) is 0 Å². The lowest BCUT2D eigenvalue weighted by Gasteiger charge is -2.36. The maximum atomic E-state index is 14.9. The fraction of sp³-hybridized carbons (Fsp3) is 0.500. The fourth-order valence-electron chi connectivity index (χ4n) is 3.98. The normalized spacial score (nSPS) is 21.0. The minimum Gasteiger partial charge on any atom is -0.388 e. The highest BCUT2D eigenvalue weighted by atomic mass is 32.2. The second-order valence-corrected chi connectivity index (χ2v) is 11.4. The molecule has 1 fully saturated rings. The zero-order valence-electron chi connectivity index (χ0n) is 20.4. The zero-order valence-corrected chi connectivity index (χ0v) is 22.0. The van der Waals surface area contributed by atoms with E-state index in [0.29, 0.717) is 0 Å². The number of thioether (sulfide) groups is 1. The van der Waals surface area contributed by atoms with Gasteiger partial charge in [-0.2, -0.15) is 11.8 Å². The number of likely N-dealkylation sites (tertiary alicyclic amines) is 1. The number of nitrogens with zero attached hydrogens (tertiary/aromatic N) is 2. The maximum Gasteiger partial charge on any atom is 0.247 e. The monoisotopic (exact) mass is 522 g/mol. The highest BCUT2D eigenvalue weighted by Gasteiger charge is 2.51. The third-order valence-corrected chi connectivity index (χ3v) is 8.45. The Morgan fingerprint density at radius 3 is 2.51 bits per heavy atom. The Bertz CT molecular complexity index is 1080. The predicted octanol–water partition coefficient (Wildman–Crippen LogP) is 2.29. The van der Waals surface area contributed by atoms with Gasteiger partial charge in [-0.15, -0.1) is 11.3 Å². The molecule has 2 aromatic rings. The summed E-state index contributed by atoms with van der Waals surface area (Å²) >= 11 is 2.91. The van der Waals surface area contributed by atoms with Crippen LogP contribution in [0, 0.1) is 6.92 Å². The molecule has 1 saturated heterocycles. The summed E-state index contributed by atoms with van der Waals surface area (Å²) < 4.78 is 14.2. The van der Waals surface area contributed by atoms with Crippen LogP contribution in [0.15, 0.2) is 29.8 Å². The second kappa shape index (κ2) is 11.0. The van der Waals surface area contributed by atoms with Crippen molar-refractivity contribution in [2.45, 2.75) is 63.3 Å². The van der Waals surface area contributed by atoms with Gasteiger partial charge < -0.3 is 20.6 Å². The molecule has 4 atom stereocenters. The van der Waals surface area contributed by atoms with Crippen LogP contribution in [0.4, 0.5) is 4.39 Å². The number of carbonyl (C=O) groups excluding carboxylic acids is 3. The van der Waals surface area contributed by atoms with E-state index in [0.717, 1.165) is 26.6 Å². The van der Waals surface area contributed by atoms with Crippen molar-refractivity contribution in [3.63, 3.8) is 0 Å². The largest absolute Gasteiger partial charge is 0.388 e. The summed E-state index contributed by atoms with van der Waals surface area (Å²) in [6.07, 6.45) is -1.64. The van der Waals surface area contributed by atoms with Gasteiger partial charge in [-0.1, -0.05) is 24.3 Å². The number of aliphatic hydroxyl groups excluding tert-OH is 1. The molecular formula is C24H31FN4O4S2. The van der Waals surface area contributed by atoms with E-state index in [1.807, 2.05) is 31.2 Å². The maximum absolute atomic E-state index is 14.9. The van der Waals surface area contributed by atoms with Crippen LogP contribution in [0.25, 0.3) is 10.4 Å². The number of nitrogens with one attached hydrogen (secondary N) is 2. The number of benzene rings is 1. The average Bonchev–Trinajstić information content (AvgIpc) is 3.38. The Labute approximate surface area is 212 Å². The molecule has 1 aliphatic rings. The van der Waals surface area contributed by atoms with Crippen LogP contribution < -0.4 is 10.6 Å². The van der Waals surface area contributed by atoms with Gasteiger partial charge in [-0.3, -0.25) is 14.4 Å². The van der Waals surface area contributed by atoms with Gasteiger partial charge in [0.2, 0.25) is 17.7 Å². The van der Waals surface area contributed by atoms with Crippen molar-refractivity contribution in [1.29, 1.82) is 0 Å². The first kappa shape index (κ1) is 27.1. The van der Waals surface area contributed by atoms with Gasteiger partial charge in [-0.25, -0.2) is 9.37 Å². The van der Waals surface area contributed by atoms with Crippen LogP contribution >= 0.6 is 23.1 Å². The van der Waals surface area contributed by atoms with Crippen molar-refractivity contribution in [1.82, 2.24) is 20.5 Å². The number of aryl methyl sites for hydroxylation is 1. The molecule has 0 spiro atoms. The fourth-order valence-corrected chi connectivity index (χ4v) is 5.18. The molecule has 3 N–H and O–H groups in total. The van der Waals surface area contributed by atoms with Crippen molar-refractivity contribution >= 4 is 40.8 Å². The molecule has 0 aliphatic carbocycles. The number of thiazole rings is 1. The van der Waals surface area contributed by atoms with Crippen LogP contribution in [-0.2, 0) is 20.9 Å². The van der Waals surface area contributed by atoms with Crippen molar-refractivity contribution < 1.29 is 23.9 Å². The van der Waals surface area contributed by atoms with E-state index in [1.54, 1.807) is 37.0 Å². The van der Waals surface area contributed by atoms with E-state index in [1.165, 1.54) is 18.7 Å². The average molecular weight is 523 g/mol. The summed E-state index contributed by atoms with van der Waals surface area (Å²) in [6.45, 7) is 6.59. The van der Waals surface area contributed by atoms with Gasteiger partial charge in [0.1, 0.15) is 18.2 Å². The Balaban J connectivity index is 1.73. The third kappa shape index (κ3) is 6.02. The lowest BCUT2D eigenvalue weighted by Crippen LogP contribution is -2.60. The summed E-state index contributed by atoms with van der Waals surface area (Å²) in [7, 11) is 0. The van der Waals surface area contributed by atoms with Gasteiger partial charge in [0, 0.05) is 18.2 Å². The SMILES string of the molecule is CSC(C)(C)[C@H](NC(C)=O)C(=O)N1C[C@H](O)[C@H](F)[C@H]1C(=O)NCc1ccc(-c2scnc2C)cc1. The Morgan fingerprint density at radius 1 is 1.31 bits per heavy atom. The molecule has 1 aromatic heterocycles. The highest BCUT2D eigenvalue weighted by molar-refractivity contribution is 8.00. The Morgan fingerprint density at radius 2 is 1.97 bits per heavy atom. The number of β-amino-alcohol motifs (C(OH)–C–C–N with tert-alkyl or cyclic N) is 1. The van der Waals surface area contributed by atoms with Crippen molar-refractivity contribution in [2.24, 2.45) is 0 Å². The smallest absolute Gasteiger partial charge is 0.247 e. The van der Waals surface area contributed by atoms with Gasteiger partial charge in [-0.05, 0) is 38.2 Å². The van der Waals surface area contributed by atoms with E-state index < -0.39 is 46.8 Å². The molecule has 1 aromatic carbocycles. The molecule has 0 unspecified atom stereocenters. The summed E-state index contributed by atoms with van der Waals surface area (Å²) in [6, 6.07) is 5.09. The number of carbonyl (C=O) groups is 3. The van der Waals surface area contributed by atoms with Crippen molar-refractivity contribution in [3.05, 3.63) is 41.0 Å². The van der Waals surface area contributed by atoms with Crippen molar-refractivity contribution in [2.75, 3.05) is 12.8 Å². The lowest BCUT2D eigenvalue weighted by molar-refractivity contribution is -0.142.